The maximum absolute atomic E-state index is 11.6. The predicted octanol–water partition coefficient (Wildman–Crippen LogP) is 1.04. The Hall–Kier alpha value is -1.69. The van der Waals surface area contributed by atoms with Crippen molar-refractivity contribution < 1.29 is 19.1 Å². The SMILES string of the molecule is CC(=O)N[C@@H](CS)C(=O)OCCOc1ccccc1. The second-order valence-electron chi connectivity index (χ2n) is 3.76. The predicted molar refractivity (Wildman–Crippen MR) is 74.4 cm³/mol. The molecule has 1 aromatic carbocycles. The van der Waals surface area contributed by atoms with E-state index >= 15 is 0 Å². The van der Waals surface area contributed by atoms with Gasteiger partial charge in [-0.2, -0.15) is 12.6 Å². The van der Waals surface area contributed by atoms with E-state index < -0.39 is 12.0 Å². The molecule has 1 atom stereocenters. The first-order valence-electron chi connectivity index (χ1n) is 5.86. The van der Waals surface area contributed by atoms with E-state index in [2.05, 4.69) is 17.9 Å². The molecule has 5 nitrogen and oxygen atoms in total. The van der Waals surface area contributed by atoms with E-state index in [1.165, 1.54) is 6.92 Å². The highest BCUT2D eigenvalue weighted by atomic mass is 32.1. The minimum absolute atomic E-state index is 0.123. The summed E-state index contributed by atoms with van der Waals surface area (Å²) >= 11 is 3.99. The molecule has 1 N–H and O–H groups in total. The maximum Gasteiger partial charge on any atom is 0.329 e. The van der Waals surface area contributed by atoms with E-state index in [0.717, 1.165) is 0 Å². The molecule has 0 saturated heterocycles. The molecule has 104 valence electrons. The molecular weight excluding hydrogens is 266 g/mol. The van der Waals surface area contributed by atoms with Gasteiger partial charge in [0.1, 0.15) is 25.0 Å². The van der Waals surface area contributed by atoms with Crippen LogP contribution in [0.15, 0.2) is 30.3 Å². The minimum Gasteiger partial charge on any atom is -0.490 e. The molecule has 6 heteroatoms. The standard InChI is InChI=1S/C13H17NO4S/c1-10(15)14-12(9-19)13(16)18-8-7-17-11-5-3-2-4-6-11/h2-6,12,19H,7-9H2,1H3,(H,14,15)/t12-/m0/s1. The summed E-state index contributed by atoms with van der Waals surface area (Å²) in [6.07, 6.45) is 0. The Balaban J connectivity index is 2.24. The van der Waals surface area contributed by atoms with Crippen molar-refractivity contribution in [2.45, 2.75) is 13.0 Å². The van der Waals surface area contributed by atoms with Gasteiger partial charge in [-0.1, -0.05) is 18.2 Å². The van der Waals surface area contributed by atoms with Crippen molar-refractivity contribution in [3.05, 3.63) is 30.3 Å². The quantitative estimate of drug-likeness (QED) is 0.446. The van der Waals surface area contributed by atoms with Gasteiger partial charge in [-0.15, -0.1) is 0 Å². The lowest BCUT2D eigenvalue weighted by Gasteiger charge is -2.14. The van der Waals surface area contributed by atoms with Gasteiger partial charge in [0.25, 0.3) is 0 Å². The molecule has 0 unspecified atom stereocenters. The molecule has 0 heterocycles. The van der Waals surface area contributed by atoms with Crippen molar-refractivity contribution in [1.82, 2.24) is 5.32 Å². The van der Waals surface area contributed by atoms with Gasteiger partial charge in [-0.25, -0.2) is 4.79 Å². The zero-order valence-corrected chi connectivity index (χ0v) is 11.6. The summed E-state index contributed by atoms with van der Waals surface area (Å²) in [6, 6.07) is 8.50. The summed E-state index contributed by atoms with van der Waals surface area (Å²) in [5, 5.41) is 2.46. The second-order valence-corrected chi connectivity index (χ2v) is 4.13. The summed E-state index contributed by atoms with van der Waals surface area (Å²) in [5.74, 6) is 0.0994. The van der Waals surface area contributed by atoms with Crippen LogP contribution in [-0.4, -0.2) is 36.9 Å². The number of ether oxygens (including phenoxy) is 2. The minimum atomic E-state index is -0.724. The number of esters is 1. The van der Waals surface area contributed by atoms with Gasteiger partial charge < -0.3 is 14.8 Å². The van der Waals surface area contributed by atoms with Crippen molar-refractivity contribution in [2.75, 3.05) is 19.0 Å². The van der Waals surface area contributed by atoms with Crippen LogP contribution < -0.4 is 10.1 Å². The van der Waals surface area contributed by atoms with Gasteiger partial charge in [-0.3, -0.25) is 4.79 Å². The lowest BCUT2D eigenvalue weighted by atomic mass is 10.3. The average molecular weight is 283 g/mol. The van der Waals surface area contributed by atoms with Crippen molar-refractivity contribution in [3.8, 4) is 5.75 Å². The van der Waals surface area contributed by atoms with Crippen molar-refractivity contribution >= 4 is 24.5 Å². The third-order valence-electron chi connectivity index (χ3n) is 2.18. The van der Waals surface area contributed by atoms with Crippen LogP contribution in [0.25, 0.3) is 0 Å². The molecule has 1 aromatic rings. The largest absolute Gasteiger partial charge is 0.490 e. The fourth-order valence-electron chi connectivity index (χ4n) is 1.34. The topological polar surface area (TPSA) is 64.6 Å². The van der Waals surface area contributed by atoms with Crippen molar-refractivity contribution in [2.24, 2.45) is 0 Å². The monoisotopic (exact) mass is 283 g/mol. The van der Waals surface area contributed by atoms with Gasteiger partial charge in [0.2, 0.25) is 5.91 Å². The molecule has 1 amide bonds. The molecule has 0 aromatic heterocycles. The van der Waals surface area contributed by atoms with Gasteiger partial charge in [0, 0.05) is 12.7 Å². The Kier molecular flexibility index (Phi) is 6.81. The van der Waals surface area contributed by atoms with Crippen LogP contribution in [0.2, 0.25) is 0 Å². The molecule has 0 aliphatic rings. The molecular formula is C13H17NO4S. The maximum atomic E-state index is 11.6. The Morgan fingerprint density at radius 1 is 1.26 bits per heavy atom. The number of carbonyl (C=O) groups excluding carboxylic acids is 2. The average Bonchev–Trinajstić information content (AvgIpc) is 2.41. The van der Waals surface area contributed by atoms with Crippen molar-refractivity contribution in [3.63, 3.8) is 0 Å². The highest BCUT2D eigenvalue weighted by Gasteiger charge is 2.18. The lowest BCUT2D eigenvalue weighted by Crippen LogP contribution is -2.42. The molecule has 19 heavy (non-hydrogen) atoms. The first kappa shape index (κ1) is 15.4. The number of para-hydroxylation sites is 1. The summed E-state index contributed by atoms with van der Waals surface area (Å²) in [6.45, 7) is 1.72. The first-order valence-corrected chi connectivity index (χ1v) is 6.49. The van der Waals surface area contributed by atoms with E-state index in [9.17, 15) is 9.59 Å². The number of hydrogen-bond acceptors (Lipinski definition) is 5. The number of amides is 1. The van der Waals surface area contributed by atoms with Crippen LogP contribution in [0.4, 0.5) is 0 Å². The smallest absolute Gasteiger partial charge is 0.329 e. The van der Waals surface area contributed by atoms with E-state index in [4.69, 9.17) is 9.47 Å². The number of hydrogen-bond donors (Lipinski definition) is 2. The number of thiol groups is 1. The third-order valence-corrected chi connectivity index (χ3v) is 2.55. The molecule has 0 bridgehead atoms. The highest BCUT2D eigenvalue weighted by molar-refractivity contribution is 7.80. The van der Waals surface area contributed by atoms with E-state index in [1.807, 2.05) is 30.3 Å². The van der Waals surface area contributed by atoms with Crippen LogP contribution in [0.1, 0.15) is 6.92 Å². The molecule has 0 fully saturated rings. The van der Waals surface area contributed by atoms with Crippen molar-refractivity contribution in [1.29, 1.82) is 0 Å². The zero-order chi connectivity index (χ0) is 14.1. The van der Waals surface area contributed by atoms with Crippen LogP contribution >= 0.6 is 12.6 Å². The highest BCUT2D eigenvalue weighted by Crippen LogP contribution is 2.07. The van der Waals surface area contributed by atoms with Gasteiger partial charge in [0.15, 0.2) is 0 Å². The molecule has 0 spiro atoms. The Morgan fingerprint density at radius 2 is 1.95 bits per heavy atom. The fourth-order valence-corrected chi connectivity index (χ4v) is 1.58. The molecule has 1 rings (SSSR count). The summed E-state index contributed by atoms with van der Waals surface area (Å²) in [7, 11) is 0. The third kappa shape index (κ3) is 6.15. The summed E-state index contributed by atoms with van der Waals surface area (Å²) in [4.78, 5) is 22.4. The van der Waals surface area contributed by atoms with Gasteiger partial charge in [-0.05, 0) is 12.1 Å². The van der Waals surface area contributed by atoms with Crippen LogP contribution in [0.3, 0.4) is 0 Å². The number of rotatable bonds is 7. The van der Waals surface area contributed by atoms with E-state index in [0.29, 0.717) is 5.75 Å². The number of carbonyl (C=O) groups is 2. The van der Waals surface area contributed by atoms with Crippen LogP contribution in [-0.2, 0) is 14.3 Å². The number of nitrogens with one attached hydrogen (secondary N) is 1. The lowest BCUT2D eigenvalue weighted by molar-refractivity contribution is -0.147. The van der Waals surface area contributed by atoms with Crippen LogP contribution in [0, 0.1) is 0 Å². The molecule has 0 radical (unpaired) electrons. The number of benzene rings is 1. The van der Waals surface area contributed by atoms with E-state index in [1.54, 1.807) is 0 Å². The molecule has 0 aliphatic heterocycles. The molecule has 0 aliphatic carbocycles. The Labute approximate surface area is 117 Å². The first-order chi connectivity index (χ1) is 9.13. The Morgan fingerprint density at radius 3 is 2.53 bits per heavy atom. The summed E-state index contributed by atoms with van der Waals surface area (Å²) in [5.41, 5.74) is 0. The van der Waals surface area contributed by atoms with Gasteiger partial charge in [0.05, 0.1) is 0 Å². The Bertz CT molecular complexity index is 410. The van der Waals surface area contributed by atoms with Gasteiger partial charge >= 0.3 is 5.97 Å². The van der Waals surface area contributed by atoms with E-state index in [-0.39, 0.29) is 24.9 Å². The summed E-state index contributed by atoms with van der Waals surface area (Å²) < 4.78 is 10.4. The second kappa shape index (κ2) is 8.42. The normalized spacial score (nSPS) is 11.5. The van der Waals surface area contributed by atoms with Crippen LogP contribution in [0.5, 0.6) is 5.75 Å². The molecule has 0 saturated carbocycles. The fraction of sp³-hybridized carbons (Fsp3) is 0.385. The zero-order valence-electron chi connectivity index (χ0n) is 10.7.